The van der Waals surface area contributed by atoms with Gasteiger partial charge in [-0.15, -0.1) is 0 Å². The van der Waals surface area contributed by atoms with Crippen LogP contribution in [0.1, 0.15) is 36.5 Å². The number of hydrogen-bond acceptors (Lipinski definition) is 4. The van der Waals surface area contributed by atoms with Crippen molar-refractivity contribution >= 4 is 33.2 Å². The third kappa shape index (κ3) is 4.76. The molecule has 0 saturated carbocycles. The number of ether oxygens (including phenoxy) is 2. The molecule has 1 N–H and O–H groups in total. The lowest BCUT2D eigenvalue weighted by atomic mass is 10.1. The molecule has 5 nitrogen and oxygen atoms in total. The van der Waals surface area contributed by atoms with Crippen LogP contribution in [0.25, 0.3) is 0 Å². The standard InChI is InChI=1S/C21H24BrFN2O3/c1-3-8-28-20-18(22)9-14(10-19(20)27-2)21(26)24-16-11-15(23)12-17(13-16)25-6-4-5-7-25/h9-13H,3-8H2,1-2H3,(H,24,26). The van der Waals surface area contributed by atoms with Crippen LogP contribution in [0.15, 0.2) is 34.8 Å². The van der Waals surface area contributed by atoms with Gasteiger partial charge in [-0.3, -0.25) is 4.79 Å². The van der Waals surface area contributed by atoms with Gasteiger partial charge in [-0.2, -0.15) is 0 Å². The van der Waals surface area contributed by atoms with Crippen LogP contribution in [0.4, 0.5) is 15.8 Å². The number of benzene rings is 2. The third-order valence-corrected chi connectivity index (χ3v) is 5.14. The maximum absolute atomic E-state index is 14.1. The summed E-state index contributed by atoms with van der Waals surface area (Å²) in [6.07, 6.45) is 3.05. The van der Waals surface area contributed by atoms with Crippen molar-refractivity contribution in [2.45, 2.75) is 26.2 Å². The molecule has 1 heterocycles. The first-order chi connectivity index (χ1) is 13.5. The van der Waals surface area contributed by atoms with Crippen molar-refractivity contribution in [3.05, 3.63) is 46.2 Å². The second kappa shape index (κ2) is 9.28. The Morgan fingerprint density at radius 1 is 1.21 bits per heavy atom. The van der Waals surface area contributed by atoms with E-state index in [1.165, 1.54) is 19.2 Å². The predicted octanol–water partition coefficient (Wildman–Crippen LogP) is 5.24. The van der Waals surface area contributed by atoms with Crippen LogP contribution in [0, 0.1) is 5.82 Å². The Bertz CT molecular complexity index is 854. The van der Waals surface area contributed by atoms with Crippen LogP contribution in [-0.2, 0) is 0 Å². The average molecular weight is 451 g/mol. The van der Waals surface area contributed by atoms with Gasteiger partial charge in [0.25, 0.3) is 5.91 Å². The second-order valence-corrected chi connectivity index (χ2v) is 7.54. The molecule has 150 valence electrons. The molecule has 2 aromatic rings. The molecular formula is C21H24BrFN2O3. The Labute approximate surface area is 172 Å². The van der Waals surface area contributed by atoms with E-state index in [0.717, 1.165) is 38.0 Å². The summed E-state index contributed by atoms with van der Waals surface area (Å²) >= 11 is 3.44. The highest BCUT2D eigenvalue weighted by Crippen LogP contribution is 2.37. The maximum Gasteiger partial charge on any atom is 0.255 e. The van der Waals surface area contributed by atoms with Crippen LogP contribution < -0.4 is 19.7 Å². The van der Waals surface area contributed by atoms with Crippen LogP contribution in [0.2, 0.25) is 0 Å². The Morgan fingerprint density at radius 2 is 1.96 bits per heavy atom. The Kier molecular flexibility index (Phi) is 6.78. The summed E-state index contributed by atoms with van der Waals surface area (Å²) in [5.74, 6) is 0.300. The topological polar surface area (TPSA) is 50.8 Å². The molecule has 1 aliphatic heterocycles. The van der Waals surface area contributed by atoms with Crippen LogP contribution in [0.5, 0.6) is 11.5 Å². The fourth-order valence-electron chi connectivity index (χ4n) is 3.20. The number of anilines is 2. The molecule has 0 unspecified atom stereocenters. The van der Waals surface area contributed by atoms with E-state index >= 15 is 0 Å². The van der Waals surface area contributed by atoms with Crippen LogP contribution in [-0.4, -0.2) is 32.7 Å². The van der Waals surface area contributed by atoms with Gasteiger partial charge in [0.05, 0.1) is 18.2 Å². The molecule has 1 aliphatic rings. The van der Waals surface area contributed by atoms with E-state index in [2.05, 4.69) is 26.1 Å². The monoisotopic (exact) mass is 450 g/mol. The average Bonchev–Trinajstić information content (AvgIpc) is 3.21. The fraction of sp³-hybridized carbons (Fsp3) is 0.381. The summed E-state index contributed by atoms with van der Waals surface area (Å²) in [7, 11) is 1.52. The van der Waals surface area contributed by atoms with E-state index in [9.17, 15) is 9.18 Å². The number of nitrogens with zero attached hydrogens (tertiary/aromatic N) is 1. The number of carbonyl (C=O) groups excluding carboxylic acids is 1. The summed E-state index contributed by atoms with van der Waals surface area (Å²) in [6, 6.07) is 7.91. The lowest BCUT2D eigenvalue weighted by molar-refractivity contribution is 0.102. The summed E-state index contributed by atoms with van der Waals surface area (Å²) in [6.45, 7) is 4.36. The Hall–Kier alpha value is -2.28. The van der Waals surface area contributed by atoms with Crippen molar-refractivity contribution < 1.29 is 18.7 Å². The molecule has 7 heteroatoms. The number of amides is 1. The maximum atomic E-state index is 14.1. The summed E-state index contributed by atoms with van der Waals surface area (Å²) in [5.41, 5.74) is 1.60. The highest BCUT2D eigenvalue weighted by atomic mass is 79.9. The van der Waals surface area contributed by atoms with Crippen molar-refractivity contribution in [1.82, 2.24) is 0 Å². The van der Waals surface area contributed by atoms with Crippen molar-refractivity contribution in [3.63, 3.8) is 0 Å². The number of halogens is 2. The van der Waals surface area contributed by atoms with E-state index in [4.69, 9.17) is 9.47 Å². The first-order valence-electron chi connectivity index (χ1n) is 9.39. The van der Waals surface area contributed by atoms with Crippen LogP contribution >= 0.6 is 15.9 Å². The Morgan fingerprint density at radius 3 is 2.64 bits per heavy atom. The molecule has 0 aliphatic carbocycles. The summed E-state index contributed by atoms with van der Waals surface area (Å²) < 4.78 is 25.8. The number of rotatable bonds is 7. The second-order valence-electron chi connectivity index (χ2n) is 6.68. The highest BCUT2D eigenvalue weighted by molar-refractivity contribution is 9.10. The van der Waals surface area contributed by atoms with Gasteiger partial charge < -0.3 is 19.7 Å². The van der Waals surface area contributed by atoms with Gasteiger partial charge in [0.15, 0.2) is 11.5 Å². The number of hydrogen-bond donors (Lipinski definition) is 1. The van der Waals surface area contributed by atoms with Gasteiger partial charge in [0.2, 0.25) is 0 Å². The van der Waals surface area contributed by atoms with Crippen molar-refractivity contribution in [2.75, 3.05) is 37.0 Å². The smallest absolute Gasteiger partial charge is 0.255 e. The van der Waals surface area contributed by atoms with Crippen molar-refractivity contribution in [2.24, 2.45) is 0 Å². The normalized spacial score (nSPS) is 13.5. The molecule has 2 aromatic carbocycles. The minimum Gasteiger partial charge on any atom is -0.493 e. The van der Waals surface area contributed by atoms with Crippen molar-refractivity contribution in [3.8, 4) is 11.5 Å². The third-order valence-electron chi connectivity index (χ3n) is 4.55. The van der Waals surface area contributed by atoms with Gasteiger partial charge >= 0.3 is 0 Å². The zero-order valence-electron chi connectivity index (χ0n) is 16.1. The van der Waals surface area contributed by atoms with Gasteiger partial charge in [-0.05, 0) is 65.5 Å². The molecule has 1 amide bonds. The van der Waals surface area contributed by atoms with E-state index in [1.54, 1.807) is 18.2 Å². The number of methoxy groups -OCH3 is 1. The lowest BCUT2D eigenvalue weighted by Gasteiger charge is -2.19. The molecular weight excluding hydrogens is 427 g/mol. The molecule has 0 bridgehead atoms. The first kappa shape index (κ1) is 20.5. The molecule has 1 fully saturated rings. The molecule has 0 aromatic heterocycles. The van der Waals surface area contributed by atoms with Gasteiger partial charge in [0, 0.05) is 30.0 Å². The molecule has 28 heavy (non-hydrogen) atoms. The largest absolute Gasteiger partial charge is 0.493 e. The summed E-state index contributed by atoms with van der Waals surface area (Å²) in [5, 5.41) is 2.78. The lowest BCUT2D eigenvalue weighted by Crippen LogP contribution is -2.18. The van der Waals surface area contributed by atoms with Gasteiger partial charge in [-0.1, -0.05) is 6.92 Å². The zero-order chi connectivity index (χ0) is 20.1. The first-order valence-corrected chi connectivity index (χ1v) is 10.2. The SMILES string of the molecule is CCCOc1c(Br)cc(C(=O)Nc2cc(F)cc(N3CCCC3)c2)cc1OC. The van der Waals surface area contributed by atoms with Crippen molar-refractivity contribution in [1.29, 1.82) is 0 Å². The molecule has 3 rings (SSSR count). The predicted molar refractivity (Wildman–Crippen MR) is 112 cm³/mol. The summed E-state index contributed by atoms with van der Waals surface area (Å²) in [4.78, 5) is 14.9. The van der Waals surface area contributed by atoms with Crippen LogP contribution in [0.3, 0.4) is 0 Å². The Balaban J connectivity index is 1.82. The fourth-order valence-corrected chi connectivity index (χ4v) is 3.76. The van der Waals surface area contributed by atoms with E-state index in [0.29, 0.717) is 33.8 Å². The quantitative estimate of drug-likeness (QED) is 0.626. The minimum atomic E-state index is -0.373. The minimum absolute atomic E-state index is 0.348. The van der Waals surface area contributed by atoms with Gasteiger partial charge in [0.1, 0.15) is 5.82 Å². The molecule has 0 atom stereocenters. The van der Waals surface area contributed by atoms with Gasteiger partial charge in [-0.25, -0.2) is 4.39 Å². The number of carbonyl (C=O) groups is 1. The number of nitrogens with one attached hydrogen (secondary N) is 1. The molecule has 1 saturated heterocycles. The zero-order valence-corrected chi connectivity index (χ0v) is 17.6. The highest BCUT2D eigenvalue weighted by Gasteiger charge is 2.18. The van der Waals surface area contributed by atoms with E-state index in [1.807, 2.05) is 6.92 Å². The van der Waals surface area contributed by atoms with E-state index < -0.39 is 0 Å². The molecule has 0 spiro atoms. The molecule has 0 radical (unpaired) electrons. The van der Waals surface area contributed by atoms with E-state index in [-0.39, 0.29) is 11.7 Å².